The lowest BCUT2D eigenvalue weighted by Gasteiger charge is -1.99. The average Bonchev–Trinajstić information content (AvgIpc) is 2.30. The van der Waals surface area contributed by atoms with Gasteiger partial charge < -0.3 is 0 Å². The van der Waals surface area contributed by atoms with Gasteiger partial charge in [0.1, 0.15) is 17.7 Å². The standard InChI is InChI=1S/C9H6N4O/c14-5-8-9(12-4-3-11-8)7-1-2-10-6-13-7/h1-6H. The number of hydrogen-bond acceptors (Lipinski definition) is 5. The minimum absolute atomic E-state index is 0.284. The summed E-state index contributed by atoms with van der Waals surface area (Å²) in [5, 5.41) is 0. The van der Waals surface area contributed by atoms with E-state index in [1.807, 2.05) is 0 Å². The van der Waals surface area contributed by atoms with Gasteiger partial charge in [-0.25, -0.2) is 15.0 Å². The Hall–Kier alpha value is -2.17. The van der Waals surface area contributed by atoms with Gasteiger partial charge in [-0.15, -0.1) is 0 Å². The van der Waals surface area contributed by atoms with E-state index in [9.17, 15) is 4.79 Å². The number of hydrogen-bond donors (Lipinski definition) is 0. The van der Waals surface area contributed by atoms with Crippen molar-refractivity contribution in [2.24, 2.45) is 0 Å². The smallest absolute Gasteiger partial charge is 0.170 e. The van der Waals surface area contributed by atoms with E-state index in [2.05, 4.69) is 19.9 Å². The molecule has 0 bridgehead atoms. The lowest BCUT2D eigenvalue weighted by molar-refractivity contribution is 0.111. The van der Waals surface area contributed by atoms with E-state index in [4.69, 9.17) is 0 Å². The molecule has 0 amide bonds. The van der Waals surface area contributed by atoms with Crippen LogP contribution in [-0.2, 0) is 0 Å². The molecule has 0 aromatic carbocycles. The van der Waals surface area contributed by atoms with Gasteiger partial charge >= 0.3 is 0 Å². The SMILES string of the molecule is O=Cc1nccnc1-c1ccncn1. The molecule has 2 aromatic heterocycles. The monoisotopic (exact) mass is 186 g/mol. The number of aldehydes is 1. The van der Waals surface area contributed by atoms with E-state index in [0.29, 0.717) is 17.7 Å². The molecule has 0 aliphatic heterocycles. The van der Waals surface area contributed by atoms with Gasteiger partial charge in [0.15, 0.2) is 6.29 Å². The average molecular weight is 186 g/mol. The van der Waals surface area contributed by atoms with E-state index in [1.54, 1.807) is 12.3 Å². The number of carbonyl (C=O) groups is 1. The Morgan fingerprint density at radius 3 is 2.64 bits per heavy atom. The summed E-state index contributed by atoms with van der Waals surface area (Å²) in [6.45, 7) is 0. The fraction of sp³-hybridized carbons (Fsp3) is 0. The van der Waals surface area contributed by atoms with Gasteiger partial charge in [-0.1, -0.05) is 0 Å². The van der Waals surface area contributed by atoms with Crippen molar-refractivity contribution in [2.75, 3.05) is 0 Å². The van der Waals surface area contributed by atoms with Crippen LogP contribution >= 0.6 is 0 Å². The maximum absolute atomic E-state index is 10.7. The zero-order chi connectivity index (χ0) is 9.80. The molecule has 0 unspecified atom stereocenters. The maximum atomic E-state index is 10.7. The van der Waals surface area contributed by atoms with Crippen LogP contribution in [0.15, 0.2) is 31.0 Å². The second-order valence-electron chi connectivity index (χ2n) is 2.50. The summed E-state index contributed by atoms with van der Waals surface area (Å²) < 4.78 is 0. The molecule has 0 aliphatic rings. The van der Waals surface area contributed by atoms with Crippen LogP contribution in [0.4, 0.5) is 0 Å². The maximum Gasteiger partial charge on any atom is 0.170 e. The van der Waals surface area contributed by atoms with Crippen LogP contribution in [0.2, 0.25) is 0 Å². The predicted molar refractivity (Wildman–Crippen MR) is 48.4 cm³/mol. The Morgan fingerprint density at radius 2 is 1.93 bits per heavy atom. The molecule has 5 heteroatoms. The topological polar surface area (TPSA) is 68.6 Å². The highest BCUT2D eigenvalue weighted by atomic mass is 16.1. The summed E-state index contributed by atoms with van der Waals surface area (Å²) in [6.07, 6.45) is 6.63. The van der Waals surface area contributed by atoms with Crippen molar-refractivity contribution >= 4 is 6.29 Å². The van der Waals surface area contributed by atoms with Gasteiger partial charge in [-0.3, -0.25) is 9.78 Å². The van der Waals surface area contributed by atoms with Crippen LogP contribution < -0.4 is 0 Å². The molecular formula is C9H6N4O. The van der Waals surface area contributed by atoms with E-state index < -0.39 is 0 Å². The van der Waals surface area contributed by atoms with Crippen LogP contribution in [0.1, 0.15) is 10.5 Å². The summed E-state index contributed by atoms with van der Waals surface area (Å²) in [5.41, 5.74) is 1.35. The first-order valence-corrected chi connectivity index (χ1v) is 3.94. The van der Waals surface area contributed by atoms with Crippen LogP contribution in [-0.4, -0.2) is 26.2 Å². The predicted octanol–water partition coefficient (Wildman–Crippen LogP) is 0.746. The molecule has 14 heavy (non-hydrogen) atoms. The van der Waals surface area contributed by atoms with E-state index in [0.717, 1.165) is 0 Å². The Labute approximate surface area is 79.9 Å². The highest BCUT2D eigenvalue weighted by Gasteiger charge is 2.06. The van der Waals surface area contributed by atoms with Crippen molar-refractivity contribution in [3.05, 3.63) is 36.7 Å². The number of carbonyl (C=O) groups excluding carboxylic acids is 1. The molecule has 68 valence electrons. The fourth-order valence-corrected chi connectivity index (χ4v) is 1.06. The molecule has 0 radical (unpaired) electrons. The zero-order valence-electron chi connectivity index (χ0n) is 7.16. The number of aromatic nitrogens is 4. The van der Waals surface area contributed by atoms with Crippen LogP contribution in [0, 0.1) is 0 Å². The zero-order valence-corrected chi connectivity index (χ0v) is 7.16. The molecule has 0 saturated heterocycles. The molecule has 0 spiro atoms. The van der Waals surface area contributed by atoms with Gasteiger partial charge in [0, 0.05) is 18.6 Å². The molecule has 0 fully saturated rings. The van der Waals surface area contributed by atoms with Gasteiger partial charge in [0.25, 0.3) is 0 Å². The summed E-state index contributed by atoms with van der Waals surface area (Å²) in [4.78, 5) is 26.3. The third-order valence-electron chi connectivity index (χ3n) is 1.66. The normalized spacial score (nSPS) is 9.71. The summed E-state index contributed by atoms with van der Waals surface area (Å²) in [7, 11) is 0. The van der Waals surface area contributed by atoms with E-state index in [1.165, 1.54) is 18.7 Å². The molecule has 2 heterocycles. The van der Waals surface area contributed by atoms with Gasteiger partial charge in [0.05, 0.1) is 5.69 Å². The third kappa shape index (κ3) is 1.47. The Bertz CT molecular complexity index is 444. The van der Waals surface area contributed by atoms with Crippen LogP contribution in [0.5, 0.6) is 0 Å². The van der Waals surface area contributed by atoms with Crippen molar-refractivity contribution in [3.63, 3.8) is 0 Å². The van der Waals surface area contributed by atoms with Crippen molar-refractivity contribution < 1.29 is 4.79 Å². The minimum atomic E-state index is 0.284. The molecule has 2 aromatic rings. The minimum Gasteiger partial charge on any atom is -0.296 e. The molecule has 2 rings (SSSR count). The van der Waals surface area contributed by atoms with Crippen LogP contribution in [0.3, 0.4) is 0 Å². The first-order valence-electron chi connectivity index (χ1n) is 3.94. The first-order chi connectivity index (χ1) is 6.92. The first kappa shape index (κ1) is 8.43. The molecular weight excluding hydrogens is 180 g/mol. The Morgan fingerprint density at radius 1 is 1.07 bits per heavy atom. The lowest BCUT2D eigenvalue weighted by Crippen LogP contribution is -1.96. The largest absolute Gasteiger partial charge is 0.296 e. The van der Waals surface area contributed by atoms with E-state index >= 15 is 0 Å². The highest BCUT2D eigenvalue weighted by Crippen LogP contribution is 2.13. The number of rotatable bonds is 2. The molecule has 5 nitrogen and oxygen atoms in total. The van der Waals surface area contributed by atoms with Crippen molar-refractivity contribution in [1.82, 2.24) is 19.9 Å². The summed E-state index contributed by atoms with van der Waals surface area (Å²) >= 11 is 0. The lowest BCUT2D eigenvalue weighted by atomic mass is 10.2. The van der Waals surface area contributed by atoms with Crippen LogP contribution in [0.25, 0.3) is 11.4 Å². The van der Waals surface area contributed by atoms with E-state index in [-0.39, 0.29) is 5.69 Å². The fourth-order valence-electron chi connectivity index (χ4n) is 1.06. The van der Waals surface area contributed by atoms with Gasteiger partial charge in [-0.2, -0.15) is 0 Å². The summed E-state index contributed by atoms with van der Waals surface area (Å²) in [5.74, 6) is 0. The molecule has 0 aliphatic carbocycles. The second-order valence-corrected chi connectivity index (χ2v) is 2.50. The Balaban J connectivity index is 2.57. The Kier molecular flexibility index (Phi) is 2.22. The van der Waals surface area contributed by atoms with Crippen molar-refractivity contribution in [3.8, 4) is 11.4 Å². The second kappa shape index (κ2) is 3.69. The number of nitrogens with zero attached hydrogens (tertiary/aromatic N) is 4. The van der Waals surface area contributed by atoms with Gasteiger partial charge in [-0.05, 0) is 6.07 Å². The van der Waals surface area contributed by atoms with Crippen molar-refractivity contribution in [1.29, 1.82) is 0 Å². The molecule has 0 atom stereocenters. The van der Waals surface area contributed by atoms with Gasteiger partial charge in [0.2, 0.25) is 0 Å². The molecule has 0 N–H and O–H groups in total. The summed E-state index contributed by atoms with van der Waals surface area (Å²) in [6, 6.07) is 1.68. The highest BCUT2D eigenvalue weighted by molar-refractivity contribution is 5.81. The molecule has 0 saturated carbocycles. The quantitative estimate of drug-likeness (QED) is 0.647. The third-order valence-corrected chi connectivity index (χ3v) is 1.66. The van der Waals surface area contributed by atoms with Crippen molar-refractivity contribution in [2.45, 2.75) is 0 Å².